The Morgan fingerprint density at radius 2 is 1.88 bits per heavy atom. The molecule has 1 rings (SSSR count). The van der Waals surface area contributed by atoms with Gasteiger partial charge in [0.15, 0.2) is 0 Å². The van der Waals surface area contributed by atoms with Gasteiger partial charge in [0, 0.05) is 6.42 Å². The van der Waals surface area contributed by atoms with Crippen LogP contribution in [0.15, 0.2) is 24.3 Å². The van der Waals surface area contributed by atoms with Crippen LogP contribution in [0.4, 0.5) is 0 Å². The summed E-state index contributed by atoms with van der Waals surface area (Å²) in [5, 5.41) is 11.9. The Kier molecular flexibility index (Phi) is 8.47. The Morgan fingerprint density at radius 1 is 1.21 bits per heavy atom. The standard InChI is InChI=1S/C19H29NO4/c1-13(2)11-15(4)24-10-9-18(21)20-17(12-19(22)23)16-8-6-5-7-14(16)3/h5-8,13,15,17H,9-12H2,1-4H3,(H,20,21)(H,22,23). The molecule has 0 aliphatic rings. The van der Waals surface area contributed by atoms with Crippen molar-refractivity contribution in [3.8, 4) is 0 Å². The molecule has 5 nitrogen and oxygen atoms in total. The summed E-state index contributed by atoms with van der Waals surface area (Å²) in [5.74, 6) is -0.582. The third-order valence-electron chi connectivity index (χ3n) is 3.81. The average molecular weight is 335 g/mol. The molecule has 5 heteroatoms. The third-order valence-corrected chi connectivity index (χ3v) is 3.81. The van der Waals surface area contributed by atoms with Crippen molar-refractivity contribution in [3.05, 3.63) is 35.4 Å². The van der Waals surface area contributed by atoms with Crippen LogP contribution >= 0.6 is 0 Å². The fourth-order valence-electron chi connectivity index (χ4n) is 2.74. The second-order valence-corrected chi connectivity index (χ2v) is 6.64. The lowest BCUT2D eigenvalue weighted by Crippen LogP contribution is -2.31. The number of carbonyl (C=O) groups excluding carboxylic acids is 1. The molecule has 2 unspecified atom stereocenters. The van der Waals surface area contributed by atoms with E-state index in [2.05, 4.69) is 19.2 Å². The summed E-state index contributed by atoms with van der Waals surface area (Å²) >= 11 is 0. The fourth-order valence-corrected chi connectivity index (χ4v) is 2.74. The Morgan fingerprint density at radius 3 is 2.46 bits per heavy atom. The van der Waals surface area contributed by atoms with Crippen LogP contribution in [-0.2, 0) is 14.3 Å². The molecule has 0 saturated carbocycles. The normalized spacial score (nSPS) is 13.5. The van der Waals surface area contributed by atoms with Crippen molar-refractivity contribution in [2.45, 2.75) is 59.1 Å². The molecular weight excluding hydrogens is 306 g/mol. The van der Waals surface area contributed by atoms with E-state index in [4.69, 9.17) is 9.84 Å². The molecule has 24 heavy (non-hydrogen) atoms. The lowest BCUT2D eigenvalue weighted by molar-refractivity contribution is -0.137. The molecule has 0 heterocycles. The Balaban J connectivity index is 2.56. The van der Waals surface area contributed by atoms with Crippen molar-refractivity contribution in [3.63, 3.8) is 0 Å². The topological polar surface area (TPSA) is 75.6 Å². The van der Waals surface area contributed by atoms with Crippen LogP contribution in [0, 0.1) is 12.8 Å². The lowest BCUT2D eigenvalue weighted by Gasteiger charge is -2.20. The van der Waals surface area contributed by atoms with Gasteiger partial charge in [-0.3, -0.25) is 9.59 Å². The van der Waals surface area contributed by atoms with Crippen LogP contribution in [0.1, 0.15) is 57.2 Å². The highest BCUT2D eigenvalue weighted by molar-refractivity contribution is 5.78. The molecule has 0 spiro atoms. The molecule has 0 aliphatic heterocycles. The second-order valence-electron chi connectivity index (χ2n) is 6.64. The summed E-state index contributed by atoms with van der Waals surface area (Å²) < 4.78 is 5.64. The van der Waals surface area contributed by atoms with E-state index < -0.39 is 12.0 Å². The van der Waals surface area contributed by atoms with Crippen LogP contribution < -0.4 is 5.32 Å². The van der Waals surface area contributed by atoms with Gasteiger partial charge in [-0.05, 0) is 37.3 Å². The highest BCUT2D eigenvalue weighted by Crippen LogP contribution is 2.20. The third kappa shape index (κ3) is 7.59. The molecule has 0 fully saturated rings. The van der Waals surface area contributed by atoms with Gasteiger partial charge in [-0.2, -0.15) is 0 Å². The van der Waals surface area contributed by atoms with Crippen LogP contribution in [0.25, 0.3) is 0 Å². The highest BCUT2D eigenvalue weighted by atomic mass is 16.5. The summed E-state index contributed by atoms with van der Waals surface area (Å²) in [5.41, 5.74) is 1.80. The largest absolute Gasteiger partial charge is 0.481 e. The number of ether oxygens (including phenoxy) is 1. The maximum atomic E-state index is 12.1. The Bertz CT molecular complexity index is 542. The summed E-state index contributed by atoms with van der Waals surface area (Å²) in [4.78, 5) is 23.2. The maximum absolute atomic E-state index is 12.1. The molecule has 0 aromatic heterocycles. The first-order chi connectivity index (χ1) is 11.3. The average Bonchev–Trinajstić information content (AvgIpc) is 2.45. The zero-order valence-electron chi connectivity index (χ0n) is 15.0. The summed E-state index contributed by atoms with van der Waals surface area (Å²) in [7, 11) is 0. The van der Waals surface area contributed by atoms with E-state index in [0.717, 1.165) is 17.5 Å². The van der Waals surface area contributed by atoms with Crippen LogP contribution in [0.3, 0.4) is 0 Å². The first-order valence-electron chi connectivity index (χ1n) is 8.47. The molecular formula is C19H29NO4. The molecule has 2 N–H and O–H groups in total. The summed E-state index contributed by atoms with van der Waals surface area (Å²) in [6.07, 6.45) is 1.15. The lowest BCUT2D eigenvalue weighted by atomic mass is 9.98. The van der Waals surface area contributed by atoms with Crippen molar-refractivity contribution in [2.24, 2.45) is 5.92 Å². The minimum Gasteiger partial charge on any atom is -0.481 e. The zero-order valence-corrected chi connectivity index (χ0v) is 15.0. The fraction of sp³-hybridized carbons (Fsp3) is 0.579. The predicted molar refractivity (Wildman–Crippen MR) is 93.8 cm³/mol. The van der Waals surface area contributed by atoms with E-state index >= 15 is 0 Å². The van der Waals surface area contributed by atoms with Gasteiger partial charge in [0.05, 0.1) is 25.2 Å². The first kappa shape index (κ1) is 20.2. The van der Waals surface area contributed by atoms with Crippen molar-refractivity contribution in [2.75, 3.05) is 6.61 Å². The van der Waals surface area contributed by atoms with Gasteiger partial charge >= 0.3 is 5.97 Å². The molecule has 0 bridgehead atoms. The zero-order chi connectivity index (χ0) is 18.1. The number of carbonyl (C=O) groups is 2. The van der Waals surface area contributed by atoms with E-state index in [0.29, 0.717) is 12.5 Å². The van der Waals surface area contributed by atoms with Crippen molar-refractivity contribution >= 4 is 11.9 Å². The van der Waals surface area contributed by atoms with E-state index in [-0.39, 0.29) is 24.9 Å². The van der Waals surface area contributed by atoms with E-state index in [1.165, 1.54) is 0 Å². The van der Waals surface area contributed by atoms with Gasteiger partial charge in [-0.25, -0.2) is 0 Å². The number of hydrogen-bond donors (Lipinski definition) is 2. The van der Waals surface area contributed by atoms with Gasteiger partial charge in [0.25, 0.3) is 0 Å². The Hall–Kier alpha value is -1.88. The van der Waals surface area contributed by atoms with Crippen LogP contribution in [-0.4, -0.2) is 29.7 Å². The number of carboxylic acid groups (broad SMARTS) is 1. The molecule has 0 radical (unpaired) electrons. The number of rotatable bonds is 10. The minimum absolute atomic E-state index is 0.115. The van der Waals surface area contributed by atoms with Crippen molar-refractivity contribution in [1.29, 1.82) is 0 Å². The van der Waals surface area contributed by atoms with E-state index in [1.807, 2.05) is 38.1 Å². The number of nitrogens with one attached hydrogen (secondary N) is 1. The Labute approximate surface area is 144 Å². The van der Waals surface area contributed by atoms with Crippen LogP contribution in [0.2, 0.25) is 0 Å². The predicted octanol–water partition coefficient (Wildman–Crippen LogP) is 3.47. The summed E-state index contributed by atoms with van der Waals surface area (Å²) in [6.45, 7) is 8.51. The second kappa shape index (κ2) is 10.1. The van der Waals surface area contributed by atoms with Crippen LogP contribution in [0.5, 0.6) is 0 Å². The highest BCUT2D eigenvalue weighted by Gasteiger charge is 2.19. The molecule has 134 valence electrons. The number of aliphatic carboxylic acids is 1. The molecule has 0 aliphatic carbocycles. The molecule has 2 atom stereocenters. The van der Waals surface area contributed by atoms with Gasteiger partial charge in [-0.15, -0.1) is 0 Å². The number of aryl methyl sites for hydroxylation is 1. The van der Waals surface area contributed by atoms with Gasteiger partial charge in [0.2, 0.25) is 5.91 Å². The molecule has 1 amide bonds. The van der Waals surface area contributed by atoms with E-state index in [1.54, 1.807) is 0 Å². The number of carboxylic acids is 1. The molecule has 0 saturated heterocycles. The van der Waals surface area contributed by atoms with E-state index in [9.17, 15) is 9.59 Å². The minimum atomic E-state index is -0.939. The number of amides is 1. The van der Waals surface area contributed by atoms with Crippen molar-refractivity contribution in [1.82, 2.24) is 5.32 Å². The first-order valence-corrected chi connectivity index (χ1v) is 8.47. The summed E-state index contributed by atoms with van der Waals surface area (Å²) in [6, 6.07) is 6.98. The van der Waals surface area contributed by atoms with Crippen molar-refractivity contribution < 1.29 is 19.4 Å². The van der Waals surface area contributed by atoms with Gasteiger partial charge in [0.1, 0.15) is 0 Å². The quantitative estimate of drug-likeness (QED) is 0.686. The number of hydrogen-bond acceptors (Lipinski definition) is 3. The number of benzene rings is 1. The molecule has 1 aromatic carbocycles. The smallest absolute Gasteiger partial charge is 0.305 e. The monoisotopic (exact) mass is 335 g/mol. The van der Waals surface area contributed by atoms with Gasteiger partial charge < -0.3 is 15.2 Å². The maximum Gasteiger partial charge on any atom is 0.305 e. The molecule has 1 aromatic rings. The SMILES string of the molecule is Cc1ccccc1C(CC(=O)O)NC(=O)CCOC(C)CC(C)C. The van der Waals surface area contributed by atoms with Gasteiger partial charge in [-0.1, -0.05) is 38.1 Å².